The number of hydrogen-bond donors (Lipinski definition) is 4. The van der Waals surface area contributed by atoms with E-state index in [4.69, 9.17) is 28.3 Å². The minimum absolute atomic E-state index is 0.209. The van der Waals surface area contributed by atoms with Crippen LogP contribution >= 0.6 is 0 Å². The lowest BCUT2D eigenvalue weighted by molar-refractivity contribution is -0.00178. The molecule has 11 nitrogen and oxygen atoms in total. The van der Waals surface area contributed by atoms with Crippen molar-refractivity contribution < 1.29 is 23.8 Å². The van der Waals surface area contributed by atoms with Gasteiger partial charge < -0.3 is 25.8 Å². The van der Waals surface area contributed by atoms with Crippen LogP contribution in [0.4, 0.5) is 14.9 Å². The largest absolute Gasteiger partial charge is 0.473 e. The van der Waals surface area contributed by atoms with Crippen LogP contribution in [-0.4, -0.2) is 89.9 Å². The maximum atomic E-state index is 14.5. The fraction of sp³-hybridized carbons (Fsp3) is 0.483. The van der Waals surface area contributed by atoms with Crippen molar-refractivity contribution >= 4 is 46.7 Å². The molecule has 0 spiro atoms. The van der Waals surface area contributed by atoms with Crippen molar-refractivity contribution in [2.45, 2.75) is 80.5 Å². The van der Waals surface area contributed by atoms with Crippen LogP contribution in [0, 0.1) is 11.3 Å². The highest BCUT2D eigenvalue weighted by atomic mass is 19.1. The standard InChI is InChI=1S/C29H31B3FN7O4/c1-26(2,43)23(33)16-36-24(41)19-15-35-21(22-4-3-18-11-17(13-34)14-37-40(18)22)12-20(19)38-27-5-8-28(9-6-27,10-7-27)39-25(42)44-29(30,31)32/h3-4,11-12,14-15,23,43H,5-10,16H2,1-2H3,(H,35,38)(H,36,41)(H,39,42)/t23-,27?,28?/m1/s1. The van der Waals surface area contributed by atoms with E-state index in [1.807, 2.05) is 12.1 Å². The number of aliphatic hydroxyl groups is 1. The molecule has 2 bridgehead atoms. The van der Waals surface area contributed by atoms with Crippen molar-refractivity contribution in [1.29, 1.82) is 5.26 Å². The normalized spacial score (nSPS) is 22.2. The Balaban J connectivity index is 1.42. The van der Waals surface area contributed by atoms with Gasteiger partial charge in [0.2, 0.25) is 0 Å². The molecule has 3 heterocycles. The third kappa shape index (κ3) is 6.70. The van der Waals surface area contributed by atoms with Gasteiger partial charge in [0.05, 0.1) is 52.1 Å². The summed E-state index contributed by atoms with van der Waals surface area (Å²) < 4.78 is 21.0. The monoisotopic (exact) mass is 593 g/mol. The lowest BCUT2D eigenvalue weighted by Gasteiger charge is -2.54. The number of nitrogens with zero attached hydrogens (tertiary/aromatic N) is 4. The van der Waals surface area contributed by atoms with Crippen LogP contribution < -0.4 is 16.0 Å². The molecule has 44 heavy (non-hydrogen) atoms. The van der Waals surface area contributed by atoms with Crippen LogP contribution in [0.5, 0.6) is 0 Å². The zero-order valence-electron chi connectivity index (χ0n) is 24.6. The molecule has 2 amide bonds. The lowest BCUT2D eigenvalue weighted by atomic mass is 9.52. The lowest BCUT2D eigenvalue weighted by Crippen LogP contribution is -2.61. The summed E-state index contributed by atoms with van der Waals surface area (Å²) in [6, 6.07) is 9.18. The van der Waals surface area contributed by atoms with Crippen LogP contribution in [0.3, 0.4) is 0 Å². The van der Waals surface area contributed by atoms with Gasteiger partial charge in [0.25, 0.3) is 5.91 Å². The summed E-state index contributed by atoms with van der Waals surface area (Å²) in [6.07, 6.45) is 4.31. The number of alkyl carbamates (subject to hydrolysis) is 1. The molecule has 3 fully saturated rings. The average Bonchev–Trinajstić information content (AvgIpc) is 3.38. The molecule has 3 aliphatic rings. The molecule has 0 saturated heterocycles. The fourth-order valence-corrected chi connectivity index (χ4v) is 5.91. The van der Waals surface area contributed by atoms with Crippen molar-refractivity contribution in [1.82, 2.24) is 25.2 Å². The summed E-state index contributed by atoms with van der Waals surface area (Å²) in [5, 5.41) is 30.6. The van der Waals surface area contributed by atoms with Gasteiger partial charge >= 0.3 is 6.09 Å². The molecule has 3 aromatic heterocycles. The maximum Gasteiger partial charge on any atom is 0.405 e. The zero-order valence-corrected chi connectivity index (χ0v) is 24.6. The molecule has 3 aromatic rings. The molecule has 3 saturated carbocycles. The predicted molar refractivity (Wildman–Crippen MR) is 163 cm³/mol. The molecular formula is C29H31B3FN7O4. The van der Waals surface area contributed by atoms with Crippen LogP contribution in [0.1, 0.15) is 68.3 Å². The molecule has 6 rings (SSSR count). The van der Waals surface area contributed by atoms with E-state index in [9.17, 15) is 24.3 Å². The van der Waals surface area contributed by atoms with Gasteiger partial charge in [0.15, 0.2) is 0 Å². The Bertz CT molecular complexity index is 1610. The smallest absolute Gasteiger partial charge is 0.405 e. The summed E-state index contributed by atoms with van der Waals surface area (Å²) in [5.74, 6) is -0.550. The molecule has 4 N–H and O–H groups in total. The van der Waals surface area contributed by atoms with E-state index in [2.05, 4.69) is 32.1 Å². The van der Waals surface area contributed by atoms with E-state index < -0.39 is 40.2 Å². The van der Waals surface area contributed by atoms with E-state index in [1.165, 1.54) is 26.2 Å². The maximum absolute atomic E-state index is 14.5. The number of carbonyl (C=O) groups excluding carboxylic acids is 2. The molecule has 15 heteroatoms. The van der Waals surface area contributed by atoms with Crippen LogP contribution in [-0.2, 0) is 4.74 Å². The first kappa shape index (κ1) is 31.4. The van der Waals surface area contributed by atoms with Gasteiger partial charge in [-0.2, -0.15) is 10.4 Å². The predicted octanol–water partition coefficient (Wildman–Crippen LogP) is 2.21. The van der Waals surface area contributed by atoms with Crippen LogP contribution in [0.2, 0.25) is 0 Å². The van der Waals surface area contributed by atoms with E-state index in [0.717, 1.165) is 0 Å². The second-order valence-corrected chi connectivity index (χ2v) is 12.4. The van der Waals surface area contributed by atoms with E-state index >= 15 is 0 Å². The second kappa shape index (κ2) is 11.5. The highest BCUT2D eigenvalue weighted by Gasteiger charge is 2.50. The average molecular weight is 593 g/mol. The van der Waals surface area contributed by atoms with E-state index in [1.54, 1.807) is 16.6 Å². The molecular weight excluding hydrogens is 562 g/mol. The number of ether oxygens (including phenoxy) is 1. The number of amides is 2. The van der Waals surface area contributed by atoms with Crippen LogP contribution in [0.15, 0.2) is 36.7 Å². The van der Waals surface area contributed by atoms with E-state index in [0.29, 0.717) is 66.7 Å². The number of halogens is 1. The molecule has 0 aromatic carbocycles. The van der Waals surface area contributed by atoms with E-state index in [-0.39, 0.29) is 12.1 Å². The Morgan fingerprint density at radius 3 is 2.41 bits per heavy atom. The number of anilines is 1. The number of aromatic nitrogens is 3. The van der Waals surface area contributed by atoms with Gasteiger partial charge in [0, 0.05) is 17.3 Å². The first-order valence-corrected chi connectivity index (χ1v) is 14.3. The zero-order chi connectivity index (χ0) is 31.9. The summed E-state index contributed by atoms with van der Waals surface area (Å²) in [7, 11) is 16.2. The molecule has 3 aliphatic carbocycles. The van der Waals surface area contributed by atoms with Gasteiger partial charge in [-0.15, -0.1) is 0 Å². The minimum Gasteiger partial charge on any atom is -0.473 e. The minimum atomic E-state index is -2.08. The second-order valence-electron chi connectivity index (χ2n) is 12.4. The first-order valence-electron chi connectivity index (χ1n) is 14.3. The van der Waals surface area contributed by atoms with Gasteiger partial charge in [-0.3, -0.25) is 9.78 Å². The Morgan fingerprint density at radius 1 is 1.14 bits per heavy atom. The highest BCUT2D eigenvalue weighted by molar-refractivity contribution is 6.58. The van der Waals surface area contributed by atoms with Gasteiger partial charge in [-0.25, -0.2) is 13.7 Å². The molecule has 1 atom stereocenters. The third-order valence-electron chi connectivity index (χ3n) is 8.53. The van der Waals surface area contributed by atoms with Crippen molar-refractivity contribution in [2.24, 2.45) is 0 Å². The number of fused-ring (bicyclic) bond motifs is 4. The highest BCUT2D eigenvalue weighted by Crippen LogP contribution is 2.49. The van der Waals surface area contributed by atoms with Crippen molar-refractivity contribution in [3.05, 3.63) is 47.8 Å². The van der Waals surface area contributed by atoms with Crippen LogP contribution in [0.25, 0.3) is 16.9 Å². The summed E-state index contributed by atoms with van der Waals surface area (Å²) in [6.45, 7) is 2.28. The fourth-order valence-electron chi connectivity index (χ4n) is 5.91. The third-order valence-corrected chi connectivity index (χ3v) is 8.53. The number of hydrogen-bond acceptors (Lipinski definition) is 8. The number of alkyl halides is 1. The molecule has 6 radical (unpaired) electrons. The van der Waals surface area contributed by atoms with Crippen molar-refractivity contribution in [2.75, 3.05) is 11.9 Å². The summed E-state index contributed by atoms with van der Waals surface area (Å²) in [4.78, 5) is 30.2. The number of rotatable bonds is 9. The molecule has 222 valence electrons. The number of nitriles is 1. The van der Waals surface area contributed by atoms with Crippen molar-refractivity contribution in [3.8, 4) is 17.5 Å². The first-order chi connectivity index (χ1) is 20.6. The number of pyridine rings is 1. The molecule has 0 aliphatic heterocycles. The van der Waals surface area contributed by atoms with Crippen molar-refractivity contribution in [3.63, 3.8) is 0 Å². The Kier molecular flexibility index (Phi) is 8.18. The van der Waals surface area contributed by atoms with Gasteiger partial charge in [-0.05, 0) is 81.9 Å². The Morgan fingerprint density at radius 2 is 1.80 bits per heavy atom. The van der Waals surface area contributed by atoms with Gasteiger partial charge in [-0.1, -0.05) is 0 Å². The van der Waals surface area contributed by atoms with Gasteiger partial charge in [0.1, 0.15) is 35.8 Å². The quantitative estimate of drug-likeness (QED) is 0.276. The summed E-state index contributed by atoms with van der Waals surface area (Å²) >= 11 is 0. The number of carbonyl (C=O) groups is 2. The molecule has 0 unspecified atom stereocenters. The SMILES string of the molecule is [B]C([B])([B])OC(=O)NC12CCC(Nc3cc(-c4ccc5cc(C#N)cnn45)ncc3C(=O)NC[C@@H](F)C(C)(C)O)(CC1)CC2. The topological polar surface area (TPSA) is 154 Å². The number of nitrogens with one attached hydrogen (secondary N) is 3. The Hall–Kier alpha value is -4.05. The Labute approximate surface area is 258 Å². The summed E-state index contributed by atoms with van der Waals surface area (Å²) in [5.41, 5.74) is 0.484.